The number of carbonyl (C=O) groups excluding carboxylic acids is 1. The summed E-state index contributed by atoms with van der Waals surface area (Å²) < 4.78 is 1.63. The molecule has 162 valence electrons. The maximum atomic E-state index is 12.8. The molecule has 1 amide bonds. The van der Waals surface area contributed by atoms with Crippen LogP contribution in [0.4, 0.5) is 10.8 Å². The second-order valence-electron chi connectivity index (χ2n) is 7.36. The Morgan fingerprint density at radius 3 is 2.69 bits per heavy atom. The molecule has 32 heavy (non-hydrogen) atoms. The summed E-state index contributed by atoms with van der Waals surface area (Å²) in [6.45, 7) is 5.62. The Balaban J connectivity index is 1.51. The maximum Gasteiger partial charge on any atom is 0.279 e. The standard InChI is InChI=1S/C22H20N6O3S/c1-13-6-4-8-17(10-13)27-15(3)20(25-26-27)21(29)24-22-23-14(2)19(32-22)12-16-7-5-9-18(11-16)28(30)31/h4-11H,12H2,1-3H3,(H,23,24,29). The largest absolute Gasteiger partial charge is 0.296 e. The van der Waals surface area contributed by atoms with Gasteiger partial charge in [0.25, 0.3) is 11.6 Å². The maximum absolute atomic E-state index is 12.8. The smallest absolute Gasteiger partial charge is 0.279 e. The molecule has 9 nitrogen and oxygen atoms in total. The SMILES string of the molecule is Cc1cccc(-n2nnc(C(=O)Nc3nc(C)c(Cc4cccc([N+](=O)[O-])c4)s3)c2C)c1. The normalized spacial score (nSPS) is 10.8. The third-order valence-corrected chi connectivity index (χ3v) is 6.03. The molecule has 0 aliphatic rings. The van der Waals surface area contributed by atoms with Crippen molar-refractivity contribution >= 4 is 28.1 Å². The number of benzene rings is 2. The number of hydrogen-bond donors (Lipinski definition) is 1. The molecular formula is C22H20N6O3S. The van der Waals surface area contributed by atoms with Gasteiger partial charge in [0.2, 0.25) is 0 Å². The molecule has 0 saturated heterocycles. The van der Waals surface area contributed by atoms with Crippen molar-refractivity contribution in [1.29, 1.82) is 0 Å². The first kappa shape index (κ1) is 21.3. The zero-order valence-electron chi connectivity index (χ0n) is 17.7. The van der Waals surface area contributed by atoms with Crippen molar-refractivity contribution in [3.8, 4) is 5.69 Å². The Labute approximate surface area is 187 Å². The van der Waals surface area contributed by atoms with Crippen molar-refractivity contribution in [2.45, 2.75) is 27.2 Å². The number of amides is 1. The van der Waals surface area contributed by atoms with Crippen LogP contribution < -0.4 is 5.32 Å². The van der Waals surface area contributed by atoms with Gasteiger partial charge in [-0.25, -0.2) is 9.67 Å². The van der Waals surface area contributed by atoms with Gasteiger partial charge in [-0.15, -0.1) is 16.4 Å². The van der Waals surface area contributed by atoms with Gasteiger partial charge in [0.1, 0.15) is 0 Å². The summed E-state index contributed by atoms with van der Waals surface area (Å²) in [5.41, 5.74) is 4.37. The molecule has 2 aromatic heterocycles. The number of non-ortho nitro benzene ring substituents is 1. The van der Waals surface area contributed by atoms with Gasteiger partial charge in [-0.05, 0) is 44.0 Å². The lowest BCUT2D eigenvalue weighted by atomic mass is 10.1. The third kappa shape index (κ3) is 4.40. The van der Waals surface area contributed by atoms with E-state index in [1.807, 2.05) is 44.2 Å². The molecule has 4 aromatic rings. The van der Waals surface area contributed by atoms with Crippen LogP contribution >= 0.6 is 11.3 Å². The van der Waals surface area contributed by atoms with Crippen molar-refractivity contribution in [2.75, 3.05) is 5.32 Å². The number of nitrogens with zero attached hydrogens (tertiary/aromatic N) is 5. The molecule has 0 unspecified atom stereocenters. The Morgan fingerprint density at radius 2 is 1.94 bits per heavy atom. The van der Waals surface area contributed by atoms with Gasteiger partial charge in [-0.3, -0.25) is 20.2 Å². The van der Waals surface area contributed by atoms with Crippen LogP contribution in [0.5, 0.6) is 0 Å². The molecule has 1 N–H and O–H groups in total. The van der Waals surface area contributed by atoms with Gasteiger partial charge >= 0.3 is 0 Å². The van der Waals surface area contributed by atoms with Gasteiger partial charge in [0.15, 0.2) is 10.8 Å². The number of nitrogens with one attached hydrogen (secondary N) is 1. The second-order valence-corrected chi connectivity index (χ2v) is 8.44. The van der Waals surface area contributed by atoms with Crippen LogP contribution in [-0.4, -0.2) is 30.8 Å². The van der Waals surface area contributed by atoms with E-state index in [-0.39, 0.29) is 11.4 Å². The predicted octanol–water partition coefficient (Wildman–Crippen LogP) is 4.40. The summed E-state index contributed by atoms with van der Waals surface area (Å²) >= 11 is 1.33. The molecule has 2 heterocycles. The van der Waals surface area contributed by atoms with Crippen molar-refractivity contribution in [1.82, 2.24) is 20.0 Å². The number of hydrogen-bond acceptors (Lipinski definition) is 7. The molecular weight excluding hydrogens is 428 g/mol. The number of aromatic nitrogens is 4. The van der Waals surface area contributed by atoms with Gasteiger partial charge in [0.05, 0.1) is 22.0 Å². The fourth-order valence-corrected chi connectivity index (χ4v) is 4.30. The summed E-state index contributed by atoms with van der Waals surface area (Å²) in [4.78, 5) is 28.7. The molecule has 4 rings (SSSR count). The summed E-state index contributed by atoms with van der Waals surface area (Å²) in [5, 5.41) is 22.4. The fraction of sp³-hybridized carbons (Fsp3) is 0.182. The zero-order chi connectivity index (χ0) is 22.8. The van der Waals surface area contributed by atoms with Crippen molar-refractivity contribution < 1.29 is 9.72 Å². The highest BCUT2D eigenvalue weighted by Crippen LogP contribution is 2.27. The molecule has 0 spiro atoms. The first-order valence-electron chi connectivity index (χ1n) is 9.82. The molecule has 0 fully saturated rings. The van der Waals surface area contributed by atoms with E-state index in [1.165, 1.54) is 17.4 Å². The topological polar surface area (TPSA) is 116 Å². The molecule has 0 atom stereocenters. The quantitative estimate of drug-likeness (QED) is 0.345. The monoisotopic (exact) mass is 448 g/mol. The van der Waals surface area contributed by atoms with E-state index < -0.39 is 10.8 Å². The molecule has 0 aliphatic carbocycles. The highest BCUT2D eigenvalue weighted by molar-refractivity contribution is 7.15. The van der Waals surface area contributed by atoms with Crippen LogP contribution in [0.15, 0.2) is 48.5 Å². The number of anilines is 1. The number of aryl methyl sites for hydroxylation is 2. The molecule has 0 radical (unpaired) electrons. The van der Waals surface area contributed by atoms with Crippen LogP contribution in [0.3, 0.4) is 0 Å². The van der Waals surface area contributed by atoms with Gasteiger partial charge in [-0.1, -0.05) is 29.5 Å². The van der Waals surface area contributed by atoms with Crippen LogP contribution in [0.2, 0.25) is 0 Å². The number of nitro benzene ring substituents is 1. The molecule has 0 aliphatic heterocycles. The molecule has 2 aromatic carbocycles. The number of carbonyl (C=O) groups is 1. The lowest BCUT2D eigenvalue weighted by Gasteiger charge is -2.04. The van der Waals surface area contributed by atoms with E-state index >= 15 is 0 Å². The predicted molar refractivity (Wildman–Crippen MR) is 122 cm³/mol. The first-order valence-corrected chi connectivity index (χ1v) is 10.6. The second kappa shape index (κ2) is 8.67. The van der Waals surface area contributed by atoms with Crippen molar-refractivity contribution in [3.05, 3.63) is 91.7 Å². The molecule has 10 heteroatoms. The van der Waals surface area contributed by atoms with Crippen LogP contribution in [0.25, 0.3) is 5.69 Å². The lowest BCUT2D eigenvalue weighted by Crippen LogP contribution is -2.14. The van der Waals surface area contributed by atoms with Gasteiger partial charge in [0, 0.05) is 23.4 Å². The zero-order valence-corrected chi connectivity index (χ0v) is 18.5. The van der Waals surface area contributed by atoms with E-state index in [2.05, 4.69) is 20.6 Å². The molecule has 0 saturated carbocycles. The lowest BCUT2D eigenvalue weighted by molar-refractivity contribution is -0.384. The summed E-state index contributed by atoms with van der Waals surface area (Å²) in [6, 6.07) is 14.3. The van der Waals surface area contributed by atoms with Crippen LogP contribution in [-0.2, 0) is 6.42 Å². The Morgan fingerprint density at radius 1 is 1.16 bits per heavy atom. The van der Waals surface area contributed by atoms with Crippen molar-refractivity contribution in [3.63, 3.8) is 0 Å². The molecule has 0 bridgehead atoms. The van der Waals surface area contributed by atoms with E-state index in [9.17, 15) is 14.9 Å². The number of thiazole rings is 1. The van der Waals surface area contributed by atoms with Crippen LogP contribution in [0.1, 0.15) is 37.9 Å². The Hall–Kier alpha value is -3.92. The average Bonchev–Trinajstić information content (AvgIpc) is 3.30. The highest BCUT2D eigenvalue weighted by Gasteiger charge is 2.20. The summed E-state index contributed by atoms with van der Waals surface area (Å²) in [7, 11) is 0. The van der Waals surface area contributed by atoms with Crippen molar-refractivity contribution in [2.24, 2.45) is 0 Å². The highest BCUT2D eigenvalue weighted by atomic mass is 32.1. The minimum atomic E-state index is -0.416. The Kier molecular flexibility index (Phi) is 5.78. The minimum absolute atomic E-state index is 0.0466. The van der Waals surface area contributed by atoms with E-state index in [1.54, 1.807) is 23.7 Å². The fourth-order valence-electron chi connectivity index (χ4n) is 3.31. The Bertz CT molecular complexity index is 1330. The average molecular weight is 449 g/mol. The summed E-state index contributed by atoms with van der Waals surface area (Å²) in [6.07, 6.45) is 0.490. The summed E-state index contributed by atoms with van der Waals surface area (Å²) in [5.74, 6) is -0.392. The van der Waals surface area contributed by atoms with Gasteiger partial charge in [-0.2, -0.15) is 0 Å². The third-order valence-electron chi connectivity index (χ3n) is 4.96. The van der Waals surface area contributed by atoms with E-state index in [4.69, 9.17) is 0 Å². The van der Waals surface area contributed by atoms with Gasteiger partial charge < -0.3 is 0 Å². The van der Waals surface area contributed by atoms with E-state index in [0.717, 1.165) is 27.4 Å². The number of rotatable bonds is 6. The minimum Gasteiger partial charge on any atom is -0.296 e. The van der Waals surface area contributed by atoms with Crippen LogP contribution in [0, 0.1) is 30.9 Å². The number of nitro groups is 1. The van der Waals surface area contributed by atoms with E-state index in [0.29, 0.717) is 17.2 Å². The first-order chi connectivity index (χ1) is 15.3.